The van der Waals surface area contributed by atoms with Crippen molar-refractivity contribution in [1.29, 1.82) is 0 Å². The molecule has 68 valence electrons. The number of phenols is 1. The maximum absolute atomic E-state index is 9.22. The number of H-pyrrole nitrogens is 1. The fraction of sp³-hybridized carbons (Fsp3) is 0.300. The van der Waals surface area contributed by atoms with Gasteiger partial charge in [0.2, 0.25) is 0 Å². The van der Waals surface area contributed by atoms with Crippen molar-refractivity contribution in [2.45, 2.75) is 19.8 Å². The van der Waals surface area contributed by atoms with Crippen LogP contribution in [0.1, 0.15) is 25.6 Å². The smallest absolute Gasteiger partial charge is 0.117 e. The lowest BCUT2D eigenvalue weighted by Crippen LogP contribution is -1.88. The number of hydrogen-bond donors (Lipinski definition) is 2. The quantitative estimate of drug-likeness (QED) is 0.700. The van der Waals surface area contributed by atoms with E-state index in [9.17, 15) is 5.11 Å². The van der Waals surface area contributed by atoms with Crippen LogP contribution in [0.2, 0.25) is 0 Å². The largest absolute Gasteiger partial charge is 0.508 e. The Bertz CT molecular complexity index is 431. The van der Waals surface area contributed by atoms with Crippen LogP contribution in [-0.4, -0.2) is 15.1 Å². The van der Waals surface area contributed by atoms with Crippen LogP contribution in [-0.2, 0) is 0 Å². The van der Waals surface area contributed by atoms with E-state index in [1.807, 2.05) is 6.07 Å². The maximum Gasteiger partial charge on any atom is 0.117 e. The van der Waals surface area contributed by atoms with E-state index in [2.05, 4.69) is 23.8 Å². The summed E-state index contributed by atoms with van der Waals surface area (Å²) >= 11 is 0. The molecule has 1 heterocycles. The van der Waals surface area contributed by atoms with Crippen LogP contribution in [0.3, 0.4) is 0 Å². The lowest BCUT2D eigenvalue weighted by Gasteiger charge is -1.95. The number of nitrogens with zero attached hydrogens (tertiary/aromatic N) is 1. The first-order valence-corrected chi connectivity index (χ1v) is 4.35. The number of aromatic hydroxyl groups is 1. The van der Waals surface area contributed by atoms with Crippen molar-refractivity contribution in [2.24, 2.45) is 0 Å². The van der Waals surface area contributed by atoms with Crippen molar-refractivity contribution in [3.8, 4) is 5.75 Å². The summed E-state index contributed by atoms with van der Waals surface area (Å²) < 4.78 is 0. The molecule has 0 fully saturated rings. The van der Waals surface area contributed by atoms with Crippen LogP contribution in [0.5, 0.6) is 5.75 Å². The first-order valence-electron chi connectivity index (χ1n) is 4.35. The molecule has 2 aromatic rings. The fourth-order valence-corrected chi connectivity index (χ4v) is 1.29. The van der Waals surface area contributed by atoms with E-state index in [-0.39, 0.29) is 5.75 Å². The van der Waals surface area contributed by atoms with Crippen LogP contribution in [0.4, 0.5) is 0 Å². The number of aromatic nitrogens is 2. The van der Waals surface area contributed by atoms with Gasteiger partial charge in [-0.25, -0.2) is 4.98 Å². The van der Waals surface area contributed by atoms with Gasteiger partial charge in [0, 0.05) is 12.0 Å². The lowest BCUT2D eigenvalue weighted by molar-refractivity contribution is 0.476. The van der Waals surface area contributed by atoms with Gasteiger partial charge in [-0.05, 0) is 12.1 Å². The van der Waals surface area contributed by atoms with Gasteiger partial charge in [0.25, 0.3) is 0 Å². The van der Waals surface area contributed by atoms with E-state index in [0.717, 1.165) is 16.9 Å². The summed E-state index contributed by atoms with van der Waals surface area (Å²) in [5.41, 5.74) is 1.80. The number of benzene rings is 1. The second-order valence-electron chi connectivity index (χ2n) is 3.48. The Labute approximate surface area is 76.4 Å². The number of hydrogen-bond acceptors (Lipinski definition) is 2. The zero-order valence-electron chi connectivity index (χ0n) is 7.70. The standard InChI is InChI=1S/C10H12N2O/c1-6(2)10-11-8-4-3-7(13)5-9(8)12-10/h3-6,13H,1-2H3,(H,11,12). The van der Waals surface area contributed by atoms with Crippen LogP contribution >= 0.6 is 0 Å². The van der Waals surface area contributed by atoms with Crippen LogP contribution in [0, 0.1) is 0 Å². The molecule has 2 N–H and O–H groups in total. The highest BCUT2D eigenvalue weighted by Crippen LogP contribution is 2.20. The summed E-state index contributed by atoms with van der Waals surface area (Å²) in [6, 6.07) is 5.16. The minimum absolute atomic E-state index is 0.259. The van der Waals surface area contributed by atoms with Crippen molar-refractivity contribution in [1.82, 2.24) is 9.97 Å². The fourth-order valence-electron chi connectivity index (χ4n) is 1.29. The SMILES string of the molecule is CC(C)c1nc2cc(O)ccc2[nH]1. The molecule has 2 rings (SSSR count). The molecule has 0 saturated heterocycles. The second kappa shape index (κ2) is 2.76. The van der Waals surface area contributed by atoms with Crippen molar-refractivity contribution in [3.05, 3.63) is 24.0 Å². The first kappa shape index (κ1) is 8.10. The Balaban J connectivity index is 2.62. The molecule has 0 saturated carbocycles. The molecule has 0 radical (unpaired) electrons. The maximum atomic E-state index is 9.22. The minimum atomic E-state index is 0.259. The van der Waals surface area contributed by atoms with Crippen molar-refractivity contribution < 1.29 is 5.11 Å². The zero-order chi connectivity index (χ0) is 9.42. The predicted octanol–water partition coefficient (Wildman–Crippen LogP) is 2.39. The summed E-state index contributed by atoms with van der Waals surface area (Å²) in [5.74, 6) is 1.60. The van der Waals surface area contributed by atoms with Crippen LogP contribution in [0.15, 0.2) is 18.2 Å². The van der Waals surface area contributed by atoms with E-state index >= 15 is 0 Å². The highest BCUT2D eigenvalue weighted by Gasteiger charge is 2.05. The molecular weight excluding hydrogens is 164 g/mol. The van der Waals surface area contributed by atoms with Gasteiger partial charge in [-0.3, -0.25) is 0 Å². The van der Waals surface area contributed by atoms with E-state index in [0.29, 0.717) is 5.92 Å². The summed E-state index contributed by atoms with van der Waals surface area (Å²) in [6.45, 7) is 4.16. The third kappa shape index (κ3) is 1.37. The van der Waals surface area contributed by atoms with Gasteiger partial charge < -0.3 is 10.1 Å². The molecule has 0 spiro atoms. The molecule has 0 amide bonds. The summed E-state index contributed by atoms with van der Waals surface area (Å²) in [4.78, 5) is 7.56. The Morgan fingerprint density at radius 1 is 1.38 bits per heavy atom. The third-order valence-corrected chi connectivity index (χ3v) is 2.03. The molecule has 0 aliphatic carbocycles. The Morgan fingerprint density at radius 3 is 2.85 bits per heavy atom. The average molecular weight is 176 g/mol. The molecule has 0 atom stereocenters. The number of aromatic amines is 1. The van der Waals surface area contributed by atoms with E-state index < -0.39 is 0 Å². The summed E-state index contributed by atoms with van der Waals surface area (Å²) in [7, 11) is 0. The van der Waals surface area contributed by atoms with Gasteiger partial charge in [-0.2, -0.15) is 0 Å². The normalized spacial score (nSPS) is 11.3. The Morgan fingerprint density at radius 2 is 2.15 bits per heavy atom. The van der Waals surface area contributed by atoms with Gasteiger partial charge in [0.1, 0.15) is 11.6 Å². The summed E-state index contributed by atoms with van der Waals surface area (Å²) in [6.07, 6.45) is 0. The molecule has 0 aliphatic heterocycles. The minimum Gasteiger partial charge on any atom is -0.508 e. The number of imidazole rings is 1. The Hall–Kier alpha value is -1.51. The number of phenolic OH excluding ortho intramolecular Hbond substituents is 1. The van der Waals surface area contributed by atoms with Gasteiger partial charge in [0.15, 0.2) is 0 Å². The molecular formula is C10H12N2O. The van der Waals surface area contributed by atoms with Crippen molar-refractivity contribution in [2.75, 3.05) is 0 Å². The second-order valence-corrected chi connectivity index (χ2v) is 3.48. The topological polar surface area (TPSA) is 48.9 Å². The predicted molar refractivity (Wildman–Crippen MR) is 51.8 cm³/mol. The van der Waals surface area contributed by atoms with E-state index in [4.69, 9.17) is 0 Å². The lowest BCUT2D eigenvalue weighted by atomic mass is 10.2. The molecule has 13 heavy (non-hydrogen) atoms. The molecule has 0 unspecified atom stereocenters. The zero-order valence-corrected chi connectivity index (χ0v) is 7.70. The average Bonchev–Trinajstić information content (AvgIpc) is 2.46. The molecule has 3 heteroatoms. The molecule has 1 aromatic carbocycles. The van der Waals surface area contributed by atoms with E-state index in [1.54, 1.807) is 12.1 Å². The number of fused-ring (bicyclic) bond motifs is 1. The van der Waals surface area contributed by atoms with Crippen LogP contribution < -0.4 is 0 Å². The monoisotopic (exact) mass is 176 g/mol. The van der Waals surface area contributed by atoms with E-state index in [1.165, 1.54) is 0 Å². The molecule has 0 aliphatic rings. The third-order valence-electron chi connectivity index (χ3n) is 2.03. The van der Waals surface area contributed by atoms with Crippen molar-refractivity contribution in [3.63, 3.8) is 0 Å². The van der Waals surface area contributed by atoms with Gasteiger partial charge in [0.05, 0.1) is 11.0 Å². The van der Waals surface area contributed by atoms with Crippen LogP contribution in [0.25, 0.3) is 11.0 Å². The molecule has 0 bridgehead atoms. The van der Waals surface area contributed by atoms with Gasteiger partial charge in [-0.15, -0.1) is 0 Å². The van der Waals surface area contributed by atoms with Crippen molar-refractivity contribution >= 4 is 11.0 Å². The number of rotatable bonds is 1. The first-order chi connectivity index (χ1) is 6.16. The summed E-state index contributed by atoms with van der Waals surface area (Å²) in [5, 5.41) is 9.22. The number of nitrogens with one attached hydrogen (secondary N) is 1. The van der Waals surface area contributed by atoms with Gasteiger partial charge in [-0.1, -0.05) is 13.8 Å². The highest BCUT2D eigenvalue weighted by atomic mass is 16.3. The highest BCUT2D eigenvalue weighted by molar-refractivity contribution is 5.76. The van der Waals surface area contributed by atoms with Gasteiger partial charge >= 0.3 is 0 Å². The molecule has 3 nitrogen and oxygen atoms in total. The Kier molecular flexibility index (Phi) is 1.72. The molecule has 1 aromatic heterocycles.